The van der Waals surface area contributed by atoms with E-state index in [-0.39, 0.29) is 11.6 Å². The Morgan fingerprint density at radius 1 is 1.45 bits per heavy atom. The number of nitrogens with two attached hydrogens (primary N) is 1. The first-order valence-corrected chi connectivity index (χ1v) is 2.89. The quantitative estimate of drug-likeness (QED) is 0.525. The van der Waals surface area contributed by atoms with Gasteiger partial charge in [-0.15, -0.1) is 0 Å². The normalized spacial score (nSPS) is 10.6. The maximum atomic E-state index is 12.4. The van der Waals surface area contributed by atoms with Crippen LogP contribution in [0.1, 0.15) is 0 Å². The molecule has 0 unspecified atom stereocenters. The highest BCUT2D eigenvalue weighted by molar-refractivity contribution is 5.69. The Hall–Kier alpha value is -1.72. The lowest BCUT2D eigenvalue weighted by molar-refractivity contribution is 0.556. The van der Waals surface area contributed by atoms with Gasteiger partial charge in [0, 0.05) is 0 Å². The number of aromatic nitrogens is 4. The molecule has 56 valence electrons. The van der Waals surface area contributed by atoms with Gasteiger partial charge in [-0.2, -0.15) is 14.4 Å². The number of H-pyrrole nitrogens is 1. The van der Waals surface area contributed by atoms with Crippen molar-refractivity contribution in [1.82, 2.24) is 19.9 Å². The first-order valence-electron chi connectivity index (χ1n) is 2.89. The van der Waals surface area contributed by atoms with Crippen LogP contribution in [0.25, 0.3) is 11.2 Å². The van der Waals surface area contributed by atoms with Gasteiger partial charge in [-0.25, -0.2) is 4.98 Å². The molecular formula is C5H4FN5. The Labute approximate surface area is 60.5 Å². The Kier molecular flexibility index (Phi) is 1.03. The number of hydrogen-bond donors (Lipinski definition) is 2. The summed E-state index contributed by atoms with van der Waals surface area (Å²) in [5, 5.41) is 0. The predicted molar refractivity (Wildman–Crippen MR) is 36.1 cm³/mol. The van der Waals surface area contributed by atoms with Crippen molar-refractivity contribution >= 4 is 17.1 Å². The third kappa shape index (κ3) is 0.878. The molecule has 0 radical (unpaired) electrons. The average molecular weight is 153 g/mol. The molecule has 3 N–H and O–H groups in total. The van der Waals surface area contributed by atoms with Gasteiger partial charge in [0.1, 0.15) is 5.52 Å². The SMILES string of the molecule is Nc1ncc2[nH]c(F)nc2n1. The van der Waals surface area contributed by atoms with Crippen LogP contribution in [0.15, 0.2) is 6.20 Å². The molecule has 2 heterocycles. The van der Waals surface area contributed by atoms with Gasteiger partial charge in [0.25, 0.3) is 6.08 Å². The number of rotatable bonds is 0. The first kappa shape index (κ1) is 6.02. The van der Waals surface area contributed by atoms with Crippen LogP contribution in [0.3, 0.4) is 0 Å². The van der Waals surface area contributed by atoms with Crippen molar-refractivity contribution < 1.29 is 4.39 Å². The topological polar surface area (TPSA) is 80.5 Å². The standard InChI is InChI=1S/C5H4FN5/c6-4-9-2-1-8-5(7)11-3(2)10-4/h1H,(H3,7,8,9,10,11). The summed E-state index contributed by atoms with van der Waals surface area (Å²) in [5.41, 5.74) is 5.92. The lowest BCUT2D eigenvalue weighted by Crippen LogP contribution is -1.93. The highest BCUT2D eigenvalue weighted by Crippen LogP contribution is 2.06. The van der Waals surface area contributed by atoms with Crippen molar-refractivity contribution in [2.45, 2.75) is 0 Å². The van der Waals surface area contributed by atoms with E-state index < -0.39 is 6.08 Å². The third-order valence-corrected chi connectivity index (χ3v) is 1.23. The van der Waals surface area contributed by atoms with Crippen LogP contribution < -0.4 is 5.73 Å². The van der Waals surface area contributed by atoms with Crippen LogP contribution >= 0.6 is 0 Å². The van der Waals surface area contributed by atoms with E-state index in [1.54, 1.807) is 0 Å². The molecule has 0 amide bonds. The number of aromatic amines is 1. The molecule has 0 aliphatic heterocycles. The molecular weight excluding hydrogens is 149 g/mol. The fourth-order valence-electron chi connectivity index (χ4n) is 0.791. The minimum Gasteiger partial charge on any atom is -0.368 e. The minimum atomic E-state index is -0.681. The molecule has 2 aromatic rings. The molecule has 0 aliphatic rings. The zero-order chi connectivity index (χ0) is 7.84. The van der Waals surface area contributed by atoms with Crippen LogP contribution in [0.2, 0.25) is 0 Å². The highest BCUT2D eigenvalue weighted by atomic mass is 19.1. The van der Waals surface area contributed by atoms with E-state index in [0.29, 0.717) is 5.52 Å². The zero-order valence-electron chi connectivity index (χ0n) is 5.37. The maximum Gasteiger partial charge on any atom is 0.289 e. The van der Waals surface area contributed by atoms with Gasteiger partial charge in [-0.3, -0.25) is 0 Å². The van der Waals surface area contributed by atoms with Gasteiger partial charge >= 0.3 is 0 Å². The number of imidazole rings is 1. The van der Waals surface area contributed by atoms with E-state index in [2.05, 4.69) is 19.9 Å². The summed E-state index contributed by atoms with van der Waals surface area (Å²) < 4.78 is 12.4. The number of nitrogens with one attached hydrogen (secondary N) is 1. The molecule has 0 aromatic carbocycles. The fourth-order valence-corrected chi connectivity index (χ4v) is 0.791. The fraction of sp³-hybridized carbons (Fsp3) is 0. The van der Waals surface area contributed by atoms with E-state index in [0.717, 1.165) is 0 Å². The maximum absolute atomic E-state index is 12.4. The number of nitrogens with zero attached hydrogens (tertiary/aromatic N) is 3. The van der Waals surface area contributed by atoms with Crippen molar-refractivity contribution in [2.24, 2.45) is 0 Å². The van der Waals surface area contributed by atoms with Crippen molar-refractivity contribution in [2.75, 3.05) is 5.73 Å². The molecule has 11 heavy (non-hydrogen) atoms. The molecule has 0 spiro atoms. The Bertz CT molecular complexity index is 395. The van der Waals surface area contributed by atoms with Gasteiger partial charge in [-0.1, -0.05) is 0 Å². The second kappa shape index (κ2) is 1.88. The number of halogens is 1. The number of anilines is 1. The van der Waals surface area contributed by atoms with Crippen LogP contribution in [0.5, 0.6) is 0 Å². The molecule has 0 bridgehead atoms. The zero-order valence-corrected chi connectivity index (χ0v) is 5.37. The monoisotopic (exact) mass is 153 g/mol. The molecule has 0 saturated heterocycles. The second-order valence-corrected chi connectivity index (χ2v) is 1.99. The average Bonchev–Trinajstić information content (AvgIpc) is 2.27. The van der Waals surface area contributed by atoms with Gasteiger partial charge in [0.05, 0.1) is 6.20 Å². The molecule has 2 rings (SSSR count). The Morgan fingerprint density at radius 2 is 2.27 bits per heavy atom. The van der Waals surface area contributed by atoms with Crippen molar-refractivity contribution in [3.63, 3.8) is 0 Å². The summed E-state index contributed by atoms with van der Waals surface area (Å²) in [6.45, 7) is 0. The summed E-state index contributed by atoms with van der Waals surface area (Å²) in [7, 11) is 0. The molecule has 6 heteroatoms. The molecule has 0 atom stereocenters. The summed E-state index contributed by atoms with van der Waals surface area (Å²) in [5.74, 6) is 0.0870. The van der Waals surface area contributed by atoms with Gasteiger partial charge in [0.2, 0.25) is 5.95 Å². The first-order chi connectivity index (χ1) is 5.25. The summed E-state index contributed by atoms with van der Waals surface area (Å²) in [6, 6.07) is 0. The Balaban J connectivity index is 2.82. The molecule has 0 aliphatic carbocycles. The van der Waals surface area contributed by atoms with Gasteiger partial charge in [0.15, 0.2) is 5.65 Å². The number of hydrogen-bond acceptors (Lipinski definition) is 4. The van der Waals surface area contributed by atoms with Crippen LogP contribution in [0, 0.1) is 6.08 Å². The van der Waals surface area contributed by atoms with E-state index in [9.17, 15) is 4.39 Å². The predicted octanol–water partition coefficient (Wildman–Crippen LogP) is 0.0742. The third-order valence-electron chi connectivity index (χ3n) is 1.23. The molecule has 2 aromatic heterocycles. The van der Waals surface area contributed by atoms with Crippen LogP contribution in [-0.4, -0.2) is 19.9 Å². The van der Waals surface area contributed by atoms with Crippen molar-refractivity contribution in [3.05, 3.63) is 12.3 Å². The molecule has 5 nitrogen and oxygen atoms in total. The van der Waals surface area contributed by atoms with E-state index in [1.807, 2.05) is 0 Å². The van der Waals surface area contributed by atoms with Crippen LogP contribution in [-0.2, 0) is 0 Å². The smallest absolute Gasteiger partial charge is 0.289 e. The second-order valence-electron chi connectivity index (χ2n) is 1.99. The van der Waals surface area contributed by atoms with Gasteiger partial charge in [-0.05, 0) is 0 Å². The van der Waals surface area contributed by atoms with E-state index in [4.69, 9.17) is 5.73 Å². The lowest BCUT2D eigenvalue weighted by Gasteiger charge is -1.87. The number of nitrogen functional groups attached to an aromatic ring is 1. The molecule has 0 fully saturated rings. The van der Waals surface area contributed by atoms with Crippen LogP contribution in [0.4, 0.5) is 10.3 Å². The van der Waals surface area contributed by atoms with Crippen molar-refractivity contribution in [1.29, 1.82) is 0 Å². The van der Waals surface area contributed by atoms with Crippen molar-refractivity contribution in [3.8, 4) is 0 Å². The molecule has 0 saturated carbocycles. The largest absolute Gasteiger partial charge is 0.368 e. The lowest BCUT2D eigenvalue weighted by atomic mass is 10.6. The van der Waals surface area contributed by atoms with Gasteiger partial charge < -0.3 is 10.7 Å². The minimum absolute atomic E-state index is 0.0870. The summed E-state index contributed by atoms with van der Waals surface area (Å²) >= 11 is 0. The highest BCUT2D eigenvalue weighted by Gasteiger charge is 2.02. The van der Waals surface area contributed by atoms with E-state index in [1.165, 1.54) is 6.20 Å². The summed E-state index contributed by atoms with van der Waals surface area (Å²) in [4.78, 5) is 13.1. The Morgan fingerprint density at radius 3 is 3.09 bits per heavy atom. The number of fused-ring (bicyclic) bond motifs is 1. The summed E-state index contributed by atoms with van der Waals surface area (Å²) in [6.07, 6.45) is 0.702. The van der Waals surface area contributed by atoms with E-state index >= 15 is 0 Å².